The van der Waals surface area contributed by atoms with E-state index in [-0.39, 0.29) is 5.69 Å². The van der Waals surface area contributed by atoms with E-state index >= 15 is 0 Å². The Labute approximate surface area is 134 Å². The van der Waals surface area contributed by atoms with Gasteiger partial charge in [-0.2, -0.15) is 5.26 Å². The van der Waals surface area contributed by atoms with Gasteiger partial charge in [-0.05, 0) is 32.0 Å². The lowest BCUT2D eigenvalue weighted by atomic mass is 10.1. The molecule has 2 aromatic rings. The van der Waals surface area contributed by atoms with Gasteiger partial charge >= 0.3 is 0 Å². The Morgan fingerprint density at radius 3 is 2.48 bits per heavy atom. The molecule has 0 saturated heterocycles. The number of nitro benzene ring substituents is 1. The second-order valence-electron chi connectivity index (χ2n) is 5.04. The molecule has 0 atom stereocenters. The van der Waals surface area contributed by atoms with Crippen LogP contribution >= 0.6 is 0 Å². The number of aromatic nitrogens is 1. The zero-order valence-electron chi connectivity index (χ0n) is 13.0. The van der Waals surface area contributed by atoms with Gasteiger partial charge in [0.2, 0.25) is 0 Å². The smallest absolute Gasteiger partial charge is 0.269 e. The van der Waals surface area contributed by atoms with Crippen molar-refractivity contribution in [3.05, 3.63) is 57.4 Å². The third kappa shape index (κ3) is 4.17. The molecule has 118 valence electrons. The fraction of sp³-hybridized carbons (Fsp3) is 0.250. The lowest BCUT2D eigenvalue weighted by Crippen LogP contribution is -2.15. The second-order valence-corrected chi connectivity index (χ2v) is 5.04. The first-order valence-corrected chi connectivity index (χ1v) is 7.12. The van der Waals surface area contributed by atoms with E-state index in [4.69, 9.17) is 0 Å². The SMILES string of the molecule is Cc1cc(NCCNc2ccc([N+](=O)[O-])cc2)c(C#N)c(C)n1. The molecule has 0 fully saturated rings. The minimum Gasteiger partial charge on any atom is -0.383 e. The molecule has 7 nitrogen and oxygen atoms in total. The summed E-state index contributed by atoms with van der Waals surface area (Å²) in [5, 5.41) is 26.2. The highest BCUT2D eigenvalue weighted by Crippen LogP contribution is 2.18. The first-order chi connectivity index (χ1) is 11.0. The number of rotatable bonds is 6. The van der Waals surface area contributed by atoms with Gasteiger partial charge in [0.05, 0.1) is 21.9 Å². The topological polar surface area (TPSA) is 104 Å². The average molecular weight is 311 g/mol. The molecule has 0 aliphatic rings. The van der Waals surface area contributed by atoms with E-state index in [0.29, 0.717) is 24.3 Å². The fourth-order valence-corrected chi connectivity index (χ4v) is 2.21. The molecule has 0 aliphatic heterocycles. The predicted octanol–water partition coefficient (Wildman–Crippen LogP) is 3.00. The number of pyridine rings is 1. The normalized spacial score (nSPS) is 9.96. The lowest BCUT2D eigenvalue weighted by Gasteiger charge is -2.12. The van der Waals surface area contributed by atoms with Crippen LogP contribution in [0.4, 0.5) is 17.1 Å². The van der Waals surface area contributed by atoms with Crippen LogP contribution in [0.1, 0.15) is 17.0 Å². The minimum absolute atomic E-state index is 0.0649. The first kappa shape index (κ1) is 16.2. The minimum atomic E-state index is -0.428. The van der Waals surface area contributed by atoms with Gasteiger partial charge < -0.3 is 10.6 Å². The number of nitrogens with zero attached hydrogens (tertiary/aromatic N) is 3. The van der Waals surface area contributed by atoms with Gasteiger partial charge in [0.25, 0.3) is 5.69 Å². The van der Waals surface area contributed by atoms with Crippen molar-refractivity contribution in [3.8, 4) is 6.07 Å². The van der Waals surface area contributed by atoms with Crippen LogP contribution in [0.25, 0.3) is 0 Å². The molecule has 1 aromatic carbocycles. The van der Waals surface area contributed by atoms with Gasteiger partial charge in [-0.25, -0.2) is 0 Å². The summed E-state index contributed by atoms with van der Waals surface area (Å²) in [5.74, 6) is 0. The van der Waals surface area contributed by atoms with E-state index in [1.54, 1.807) is 12.1 Å². The zero-order chi connectivity index (χ0) is 16.8. The number of nitriles is 1. The highest BCUT2D eigenvalue weighted by atomic mass is 16.6. The van der Waals surface area contributed by atoms with Crippen molar-refractivity contribution >= 4 is 17.1 Å². The Kier molecular flexibility index (Phi) is 5.10. The maximum Gasteiger partial charge on any atom is 0.269 e. The van der Waals surface area contributed by atoms with Crippen molar-refractivity contribution in [3.63, 3.8) is 0 Å². The number of non-ortho nitro benzene ring substituents is 1. The van der Waals surface area contributed by atoms with Gasteiger partial charge in [-0.3, -0.25) is 15.1 Å². The van der Waals surface area contributed by atoms with E-state index in [9.17, 15) is 15.4 Å². The summed E-state index contributed by atoms with van der Waals surface area (Å²) >= 11 is 0. The Bertz CT molecular complexity index is 750. The monoisotopic (exact) mass is 311 g/mol. The molecule has 23 heavy (non-hydrogen) atoms. The Hall–Kier alpha value is -3.14. The van der Waals surface area contributed by atoms with E-state index < -0.39 is 4.92 Å². The van der Waals surface area contributed by atoms with E-state index in [2.05, 4.69) is 21.7 Å². The number of hydrogen-bond donors (Lipinski definition) is 2. The zero-order valence-corrected chi connectivity index (χ0v) is 13.0. The molecule has 1 heterocycles. The van der Waals surface area contributed by atoms with Crippen LogP contribution in [0.5, 0.6) is 0 Å². The quantitative estimate of drug-likeness (QED) is 0.483. The lowest BCUT2D eigenvalue weighted by molar-refractivity contribution is -0.384. The molecule has 0 unspecified atom stereocenters. The predicted molar refractivity (Wildman–Crippen MR) is 88.5 cm³/mol. The third-order valence-electron chi connectivity index (χ3n) is 3.29. The van der Waals surface area contributed by atoms with Crippen LogP contribution in [0.2, 0.25) is 0 Å². The van der Waals surface area contributed by atoms with Crippen molar-refractivity contribution in [1.29, 1.82) is 5.26 Å². The highest BCUT2D eigenvalue weighted by Gasteiger charge is 2.07. The summed E-state index contributed by atoms with van der Waals surface area (Å²) < 4.78 is 0. The van der Waals surface area contributed by atoms with Crippen LogP contribution in [0.3, 0.4) is 0 Å². The van der Waals surface area contributed by atoms with E-state index in [1.807, 2.05) is 19.9 Å². The van der Waals surface area contributed by atoms with Crippen molar-refractivity contribution < 1.29 is 4.92 Å². The summed E-state index contributed by atoms with van der Waals surface area (Å²) in [5.41, 5.74) is 3.75. The van der Waals surface area contributed by atoms with Crippen molar-refractivity contribution in [2.24, 2.45) is 0 Å². The average Bonchev–Trinajstić information content (AvgIpc) is 2.51. The summed E-state index contributed by atoms with van der Waals surface area (Å²) in [6, 6.07) is 10.2. The van der Waals surface area contributed by atoms with E-state index in [0.717, 1.165) is 17.1 Å². The molecule has 7 heteroatoms. The van der Waals surface area contributed by atoms with Crippen LogP contribution < -0.4 is 10.6 Å². The number of benzene rings is 1. The Morgan fingerprint density at radius 2 is 1.87 bits per heavy atom. The van der Waals surface area contributed by atoms with Crippen LogP contribution in [0, 0.1) is 35.3 Å². The van der Waals surface area contributed by atoms with Crippen LogP contribution in [0.15, 0.2) is 30.3 Å². The van der Waals surface area contributed by atoms with Gasteiger partial charge in [-0.1, -0.05) is 0 Å². The summed E-state index contributed by atoms with van der Waals surface area (Å²) in [6.45, 7) is 4.91. The second kappa shape index (κ2) is 7.22. The maximum atomic E-state index is 10.6. The first-order valence-electron chi connectivity index (χ1n) is 7.12. The van der Waals surface area contributed by atoms with Crippen molar-refractivity contribution in [2.45, 2.75) is 13.8 Å². The van der Waals surface area contributed by atoms with E-state index in [1.165, 1.54) is 12.1 Å². The standard InChI is InChI=1S/C16H17N5O2/c1-11-9-16(15(10-17)12(2)20-11)19-8-7-18-13-3-5-14(6-4-13)21(22)23/h3-6,9,18H,7-8H2,1-2H3,(H,19,20). The molecule has 0 saturated carbocycles. The van der Waals surface area contributed by atoms with Gasteiger partial charge in [0, 0.05) is 36.6 Å². The summed E-state index contributed by atoms with van der Waals surface area (Å²) in [7, 11) is 0. The Balaban J connectivity index is 1.91. The number of hydrogen-bond acceptors (Lipinski definition) is 6. The highest BCUT2D eigenvalue weighted by molar-refractivity contribution is 5.60. The van der Waals surface area contributed by atoms with Crippen LogP contribution in [-0.2, 0) is 0 Å². The molecular formula is C16H17N5O2. The van der Waals surface area contributed by atoms with Crippen molar-refractivity contribution in [1.82, 2.24) is 4.98 Å². The van der Waals surface area contributed by atoms with Gasteiger partial charge in [0.15, 0.2) is 0 Å². The van der Waals surface area contributed by atoms with Gasteiger partial charge in [-0.15, -0.1) is 0 Å². The molecule has 2 N–H and O–H groups in total. The number of nitro groups is 1. The number of anilines is 2. The molecule has 0 spiro atoms. The third-order valence-corrected chi connectivity index (χ3v) is 3.29. The fourth-order valence-electron chi connectivity index (χ4n) is 2.21. The molecule has 0 bridgehead atoms. The summed E-state index contributed by atoms with van der Waals surface area (Å²) in [6.07, 6.45) is 0. The molecule has 2 rings (SSSR count). The van der Waals surface area contributed by atoms with Gasteiger partial charge in [0.1, 0.15) is 6.07 Å². The summed E-state index contributed by atoms with van der Waals surface area (Å²) in [4.78, 5) is 14.4. The molecule has 0 aliphatic carbocycles. The number of aryl methyl sites for hydroxylation is 2. The molecule has 0 radical (unpaired) electrons. The number of nitrogens with one attached hydrogen (secondary N) is 2. The molecular weight excluding hydrogens is 294 g/mol. The molecule has 0 amide bonds. The van der Waals surface area contributed by atoms with Crippen molar-refractivity contribution in [2.75, 3.05) is 23.7 Å². The van der Waals surface area contributed by atoms with Crippen LogP contribution in [-0.4, -0.2) is 23.0 Å². The largest absolute Gasteiger partial charge is 0.383 e. The maximum absolute atomic E-state index is 10.6. The Morgan fingerprint density at radius 1 is 1.22 bits per heavy atom. The molecule has 1 aromatic heterocycles.